The van der Waals surface area contributed by atoms with Crippen LogP contribution in [0, 0.1) is 5.92 Å². The monoisotopic (exact) mass is 251 g/mol. The van der Waals surface area contributed by atoms with E-state index in [4.69, 9.17) is 5.73 Å². The van der Waals surface area contributed by atoms with E-state index >= 15 is 0 Å². The van der Waals surface area contributed by atoms with Gasteiger partial charge in [-0.1, -0.05) is 13.0 Å². The minimum atomic E-state index is 0.412. The average Bonchev–Trinajstić information content (AvgIpc) is 2.04. The summed E-state index contributed by atoms with van der Waals surface area (Å²) in [4.78, 5) is 0. The summed E-state index contributed by atoms with van der Waals surface area (Å²) in [6.07, 6.45) is 5.80. The van der Waals surface area contributed by atoms with E-state index in [9.17, 15) is 0 Å². The predicted molar refractivity (Wildman–Crippen MR) is 53.1 cm³/mol. The van der Waals surface area contributed by atoms with Crippen molar-refractivity contribution in [2.45, 2.75) is 32.2 Å². The summed E-state index contributed by atoms with van der Waals surface area (Å²) in [5.74, 6) is 0.745. The summed E-state index contributed by atoms with van der Waals surface area (Å²) in [6, 6.07) is 0.412. The molecule has 1 aliphatic rings. The van der Waals surface area contributed by atoms with Gasteiger partial charge in [-0.3, -0.25) is 0 Å². The summed E-state index contributed by atoms with van der Waals surface area (Å²) in [5, 5.41) is 0. The van der Waals surface area contributed by atoms with Gasteiger partial charge in [-0.25, -0.2) is 0 Å². The minimum absolute atomic E-state index is 0.412. The van der Waals surface area contributed by atoms with Crippen molar-refractivity contribution in [3.63, 3.8) is 0 Å². The molecule has 0 saturated heterocycles. The molecular formula is C8H14IN. The maximum Gasteiger partial charge on any atom is 0.00739 e. The molecule has 0 fully saturated rings. The Labute approximate surface area is 76.2 Å². The summed E-state index contributed by atoms with van der Waals surface area (Å²) >= 11 is 2.42. The third-order valence-electron chi connectivity index (χ3n) is 2.06. The van der Waals surface area contributed by atoms with Gasteiger partial charge < -0.3 is 5.73 Å². The lowest BCUT2D eigenvalue weighted by Crippen LogP contribution is -2.17. The van der Waals surface area contributed by atoms with Gasteiger partial charge in [0.25, 0.3) is 0 Å². The van der Waals surface area contributed by atoms with Crippen LogP contribution in [-0.2, 0) is 0 Å². The van der Waals surface area contributed by atoms with Crippen molar-refractivity contribution in [2.24, 2.45) is 11.7 Å². The zero-order valence-corrected chi connectivity index (χ0v) is 8.47. The van der Waals surface area contributed by atoms with Crippen LogP contribution in [0.5, 0.6) is 0 Å². The van der Waals surface area contributed by atoms with Crippen LogP contribution in [0.4, 0.5) is 0 Å². The average molecular weight is 251 g/mol. The highest BCUT2D eigenvalue weighted by atomic mass is 127. The van der Waals surface area contributed by atoms with E-state index in [2.05, 4.69) is 35.6 Å². The summed E-state index contributed by atoms with van der Waals surface area (Å²) in [7, 11) is 0. The normalized spacial score (nSPS) is 34.9. The Morgan fingerprint density at radius 1 is 1.60 bits per heavy atom. The van der Waals surface area contributed by atoms with E-state index in [0.717, 1.165) is 12.3 Å². The number of hydrogen-bond acceptors (Lipinski definition) is 1. The lowest BCUT2D eigenvalue weighted by molar-refractivity contribution is 0.547. The summed E-state index contributed by atoms with van der Waals surface area (Å²) in [6.45, 7) is 2.27. The van der Waals surface area contributed by atoms with Gasteiger partial charge in [0.1, 0.15) is 0 Å². The Morgan fingerprint density at radius 3 is 3.00 bits per heavy atom. The zero-order chi connectivity index (χ0) is 7.56. The molecule has 1 aliphatic carbocycles. The molecule has 2 heteroatoms. The Balaban J connectivity index is 2.55. The molecule has 2 N–H and O–H groups in total. The SMILES string of the molecule is CC1CCC(N)CC=C1I. The molecule has 58 valence electrons. The highest BCUT2D eigenvalue weighted by Gasteiger charge is 2.12. The van der Waals surface area contributed by atoms with E-state index in [-0.39, 0.29) is 0 Å². The first kappa shape index (κ1) is 8.53. The first-order chi connectivity index (χ1) is 4.70. The molecule has 0 saturated carbocycles. The lowest BCUT2D eigenvalue weighted by Gasteiger charge is -2.07. The molecule has 0 spiro atoms. The van der Waals surface area contributed by atoms with Crippen molar-refractivity contribution >= 4 is 22.6 Å². The molecule has 0 aromatic carbocycles. The fourth-order valence-corrected chi connectivity index (χ4v) is 1.75. The fourth-order valence-electron chi connectivity index (χ4n) is 1.18. The first-order valence-electron chi connectivity index (χ1n) is 3.81. The first-order valence-corrected chi connectivity index (χ1v) is 4.89. The van der Waals surface area contributed by atoms with Gasteiger partial charge in [0.05, 0.1) is 0 Å². The summed E-state index contributed by atoms with van der Waals surface area (Å²) < 4.78 is 1.49. The number of rotatable bonds is 0. The summed E-state index contributed by atoms with van der Waals surface area (Å²) in [5.41, 5.74) is 5.81. The quantitative estimate of drug-likeness (QED) is 0.657. The van der Waals surface area contributed by atoms with Crippen molar-refractivity contribution in [3.8, 4) is 0 Å². The molecule has 0 amide bonds. The third kappa shape index (κ3) is 2.23. The molecular weight excluding hydrogens is 237 g/mol. The van der Waals surface area contributed by atoms with Gasteiger partial charge in [0.15, 0.2) is 0 Å². The third-order valence-corrected chi connectivity index (χ3v) is 3.56. The van der Waals surface area contributed by atoms with Crippen molar-refractivity contribution in [1.82, 2.24) is 0 Å². The Morgan fingerprint density at radius 2 is 2.30 bits per heavy atom. The van der Waals surface area contributed by atoms with Crippen molar-refractivity contribution in [1.29, 1.82) is 0 Å². The van der Waals surface area contributed by atoms with E-state index in [1.54, 1.807) is 0 Å². The van der Waals surface area contributed by atoms with Gasteiger partial charge in [-0.05, 0) is 51.4 Å². The highest BCUT2D eigenvalue weighted by molar-refractivity contribution is 14.1. The van der Waals surface area contributed by atoms with Crippen molar-refractivity contribution in [3.05, 3.63) is 9.66 Å². The van der Waals surface area contributed by atoms with Gasteiger partial charge in [-0.2, -0.15) is 0 Å². The molecule has 0 aromatic rings. The Hall–Kier alpha value is 0.430. The van der Waals surface area contributed by atoms with Crippen LogP contribution in [0.1, 0.15) is 26.2 Å². The van der Waals surface area contributed by atoms with Crippen molar-refractivity contribution < 1.29 is 0 Å². The van der Waals surface area contributed by atoms with Gasteiger partial charge in [0, 0.05) is 6.04 Å². The minimum Gasteiger partial charge on any atom is -0.327 e. The standard InChI is InChI=1S/C8H14IN/c1-6-2-3-7(10)4-5-8(6)9/h5-7H,2-4,10H2,1H3. The smallest absolute Gasteiger partial charge is 0.00739 e. The second-order valence-corrected chi connectivity index (χ2v) is 4.31. The predicted octanol–water partition coefficient (Wildman–Crippen LogP) is 2.45. The number of halogens is 1. The molecule has 0 aromatic heterocycles. The Bertz CT molecular complexity index is 142. The van der Waals surface area contributed by atoms with Crippen LogP contribution >= 0.6 is 22.6 Å². The van der Waals surface area contributed by atoms with Crippen LogP contribution in [0.25, 0.3) is 0 Å². The molecule has 1 rings (SSSR count). The van der Waals surface area contributed by atoms with Crippen molar-refractivity contribution in [2.75, 3.05) is 0 Å². The van der Waals surface area contributed by atoms with Crippen LogP contribution in [0.3, 0.4) is 0 Å². The molecule has 2 atom stereocenters. The second kappa shape index (κ2) is 3.72. The highest BCUT2D eigenvalue weighted by Crippen LogP contribution is 2.27. The van der Waals surface area contributed by atoms with E-state index < -0.39 is 0 Å². The number of nitrogens with two attached hydrogens (primary N) is 1. The van der Waals surface area contributed by atoms with Gasteiger partial charge in [0.2, 0.25) is 0 Å². The second-order valence-electron chi connectivity index (χ2n) is 3.06. The maximum absolute atomic E-state index is 5.81. The van der Waals surface area contributed by atoms with Gasteiger partial charge in [-0.15, -0.1) is 0 Å². The number of allylic oxidation sites excluding steroid dienone is 1. The largest absolute Gasteiger partial charge is 0.327 e. The van der Waals surface area contributed by atoms with E-state index in [0.29, 0.717) is 6.04 Å². The molecule has 10 heavy (non-hydrogen) atoms. The maximum atomic E-state index is 5.81. The van der Waals surface area contributed by atoms with Crippen LogP contribution in [0.2, 0.25) is 0 Å². The molecule has 0 bridgehead atoms. The molecule has 0 radical (unpaired) electrons. The topological polar surface area (TPSA) is 26.0 Å². The van der Waals surface area contributed by atoms with Crippen LogP contribution in [0.15, 0.2) is 9.66 Å². The van der Waals surface area contributed by atoms with E-state index in [1.165, 1.54) is 16.4 Å². The molecule has 1 nitrogen and oxygen atoms in total. The molecule has 2 unspecified atom stereocenters. The van der Waals surface area contributed by atoms with Crippen LogP contribution < -0.4 is 5.73 Å². The number of hydrogen-bond donors (Lipinski definition) is 1. The molecule has 0 aliphatic heterocycles. The van der Waals surface area contributed by atoms with Crippen LogP contribution in [-0.4, -0.2) is 6.04 Å². The lowest BCUT2D eigenvalue weighted by atomic mass is 10.1. The fraction of sp³-hybridized carbons (Fsp3) is 0.750. The Kier molecular flexibility index (Phi) is 3.17. The molecule has 0 heterocycles. The zero-order valence-electron chi connectivity index (χ0n) is 6.31. The van der Waals surface area contributed by atoms with Gasteiger partial charge >= 0.3 is 0 Å². The van der Waals surface area contributed by atoms with E-state index in [1.807, 2.05) is 0 Å².